The molecule has 1 aromatic carbocycles. The number of likely N-dealkylation sites (N-methyl/N-ethyl adjacent to an activating group) is 1. The van der Waals surface area contributed by atoms with Crippen LogP contribution in [0.25, 0.3) is 0 Å². The van der Waals surface area contributed by atoms with E-state index in [9.17, 15) is 9.59 Å². The molecule has 1 aliphatic carbocycles. The van der Waals surface area contributed by atoms with Gasteiger partial charge in [-0.2, -0.15) is 0 Å². The van der Waals surface area contributed by atoms with Crippen molar-refractivity contribution in [3.05, 3.63) is 30.1 Å². The van der Waals surface area contributed by atoms with Crippen molar-refractivity contribution < 1.29 is 14.3 Å². The Morgan fingerprint density at radius 3 is 2.82 bits per heavy atom. The van der Waals surface area contributed by atoms with Crippen LogP contribution >= 0.6 is 11.8 Å². The Kier molecular flexibility index (Phi) is 6.56. The van der Waals surface area contributed by atoms with Crippen molar-refractivity contribution in [2.45, 2.75) is 37.4 Å². The second-order valence-corrected chi connectivity index (χ2v) is 7.62. The van der Waals surface area contributed by atoms with E-state index in [0.717, 1.165) is 30.4 Å². The van der Waals surface area contributed by atoms with E-state index in [2.05, 4.69) is 27.0 Å². The van der Waals surface area contributed by atoms with Gasteiger partial charge >= 0.3 is 0 Å². The number of aromatic nitrogens is 3. The summed E-state index contributed by atoms with van der Waals surface area (Å²) in [6.07, 6.45) is 2.32. The van der Waals surface area contributed by atoms with E-state index in [1.807, 2.05) is 0 Å². The van der Waals surface area contributed by atoms with Gasteiger partial charge in [0.2, 0.25) is 11.8 Å². The van der Waals surface area contributed by atoms with Crippen LogP contribution in [0.15, 0.2) is 29.4 Å². The van der Waals surface area contributed by atoms with Gasteiger partial charge in [0, 0.05) is 31.3 Å². The molecule has 2 aromatic rings. The van der Waals surface area contributed by atoms with Crippen molar-refractivity contribution in [3.8, 4) is 5.75 Å². The van der Waals surface area contributed by atoms with Crippen LogP contribution in [0.1, 0.15) is 31.5 Å². The van der Waals surface area contributed by atoms with Gasteiger partial charge in [0.1, 0.15) is 11.6 Å². The number of methoxy groups -OCH3 is 1. The van der Waals surface area contributed by atoms with Crippen LogP contribution < -0.4 is 10.1 Å². The monoisotopic (exact) mass is 403 g/mol. The average Bonchev–Trinajstić information content (AvgIpc) is 3.45. The van der Waals surface area contributed by atoms with Gasteiger partial charge in [0.15, 0.2) is 5.16 Å². The molecule has 150 valence electrons. The van der Waals surface area contributed by atoms with E-state index < -0.39 is 0 Å². The lowest BCUT2D eigenvalue weighted by molar-refractivity contribution is -0.131. The molecule has 0 bridgehead atoms. The Morgan fingerprint density at radius 2 is 2.14 bits per heavy atom. The summed E-state index contributed by atoms with van der Waals surface area (Å²) in [4.78, 5) is 26.0. The van der Waals surface area contributed by atoms with Gasteiger partial charge in [-0.1, -0.05) is 17.8 Å². The molecular formula is C19H25N5O3S. The Labute approximate surface area is 168 Å². The number of benzene rings is 1. The quantitative estimate of drug-likeness (QED) is 0.647. The molecule has 0 spiro atoms. The van der Waals surface area contributed by atoms with E-state index in [1.165, 1.54) is 16.7 Å². The Balaban J connectivity index is 1.49. The highest BCUT2D eigenvalue weighted by Crippen LogP contribution is 2.39. The molecule has 0 radical (unpaired) electrons. The Hall–Kier alpha value is -2.55. The minimum Gasteiger partial charge on any atom is -0.497 e. The molecule has 0 atom stereocenters. The van der Waals surface area contributed by atoms with Crippen molar-refractivity contribution in [3.63, 3.8) is 0 Å². The number of anilines is 1. The fourth-order valence-electron chi connectivity index (χ4n) is 2.79. The third-order valence-corrected chi connectivity index (χ3v) is 5.44. The maximum Gasteiger partial charge on any atom is 0.243 e. The van der Waals surface area contributed by atoms with Crippen LogP contribution in [0.3, 0.4) is 0 Å². The summed E-state index contributed by atoms with van der Waals surface area (Å²) < 4.78 is 7.21. The first kappa shape index (κ1) is 20.2. The zero-order valence-corrected chi connectivity index (χ0v) is 17.2. The first-order valence-corrected chi connectivity index (χ1v) is 10.2. The number of hydrogen-bond acceptors (Lipinski definition) is 6. The summed E-state index contributed by atoms with van der Waals surface area (Å²) in [6.45, 7) is 2.81. The first-order chi connectivity index (χ1) is 13.5. The third kappa shape index (κ3) is 5.03. The molecule has 3 rings (SSSR count). The summed E-state index contributed by atoms with van der Waals surface area (Å²) in [5.41, 5.74) is 0.628. The van der Waals surface area contributed by atoms with Crippen molar-refractivity contribution in [1.82, 2.24) is 19.7 Å². The van der Waals surface area contributed by atoms with Gasteiger partial charge in [-0.25, -0.2) is 0 Å². The lowest BCUT2D eigenvalue weighted by Gasteiger charge is -2.17. The zero-order valence-electron chi connectivity index (χ0n) is 16.3. The molecule has 0 aliphatic heterocycles. The van der Waals surface area contributed by atoms with Gasteiger partial charge in [-0.15, -0.1) is 10.2 Å². The number of ether oxygens (including phenoxy) is 1. The summed E-state index contributed by atoms with van der Waals surface area (Å²) in [6, 6.07) is 7.09. The predicted molar refractivity (Wildman–Crippen MR) is 108 cm³/mol. The van der Waals surface area contributed by atoms with Crippen molar-refractivity contribution in [2.24, 2.45) is 0 Å². The number of amides is 2. The van der Waals surface area contributed by atoms with E-state index >= 15 is 0 Å². The lowest BCUT2D eigenvalue weighted by atomic mass is 10.3. The number of thioether (sulfide) groups is 1. The molecule has 1 heterocycles. The predicted octanol–water partition coefficient (Wildman–Crippen LogP) is 2.37. The van der Waals surface area contributed by atoms with Crippen molar-refractivity contribution >= 4 is 29.3 Å². The standard InChI is InChI=1S/C19H25N5O3S/c1-4-24-18(13-8-9-13)21-22-19(24)28-12-17(26)23(2)11-16(25)20-14-6-5-7-15(10-14)27-3/h5-7,10,13H,4,8-9,11-12H2,1-3H3,(H,20,25). The van der Waals surface area contributed by atoms with Crippen LogP contribution in [0, 0.1) is 0 Å². The van der Waals surface area contributed by atoms with E-state index in [-0.39, 0.29) is 24.1 Å². The number of carbonyl (C=O) groups is 2. The van der Waals surface area contributed by atoms with Crippen molar-refractivity contribution in [1.29, 1.82) is 0 Å². The Morgan fingerprint density at radius 1 is 1.36 bits per heavy atom. The fourth-order valence-corrected chi connectivity index (χ4v) is 3.74. The minimum atomic E-state index is -0.262. The van der Waals surface area contributed by atoms with E-state index in [4.69, 9.17) is 4.74 Å². The second-order valence-electron chi connectivity index (χ2n) is 6.68. The van der Waals surface area contributed by atoms with Crippen LogP contribution in [-0.4, -0.2) is 57.9 Å². The smallest absolute Gasteiger partial charge is 0.243 e. The van der Waals surface area contributed by atoms with Crippen molar-refractivity contribution in [2.75, 3.05) is 31.8 Å². The van der Waals surface area contributed by atoms with E-state index in [0.29, 0.717) is 17.4 Å². The SMILES string of the molecule is CCn1c(SCC(=O)N(C)CC(=O)Nc2cccc(OC)c2)nnc1C1CC1. The molecule has 9 heteroatoms. The van der Waals surface area contributed by atoms with E-state index in [1.54, 1.807) is 38.4 Å². The maximum atomic E-state index is 12.4. The molecule has 1 aliphatic rings. The molecule has 1 aromatic heterocycles. The topological polar surface area (TPSA) is 89.4 Å². The highest BCUT2D eigenvalue weighted by atomic mass is 32.2. The fraction of sp³-hybridized carbons (Fsp3) is 0.474. The first-order valence-electron chi connectivity index (χ1n) is 9.25. The largest absolute Gasteiger partial charge is 0.497 e. The van der Waals surface area contributed by atoms with Gasteiger partial charge in [-0.05, 0) is 31.9 Å². The molecule has 0 unspecified atom stereocenters. The number of nitrogens with one attached hydrogen (secondary N) is 1. The molecule has 1 saturated carbocycles. The van der Waals surface area contributed by atoms with Gasteiger partial charge in [0.05, 0.1) is 19.4 Å². The summed E-state index contributed by atoms with van der Waals surface area (Å²) in [5, 5.41) is 12.0. The van der Waals surface area contributed by atoms with Crippen LogP contribution in [0.2, 0.25) is 0 Å². The molecule has 2 amide bonds. The molecule has 8 nitrogen and oxygen atoms in total. The van der Waals surface area contributed by atoms with Crippen LogP contribution in [0.4, 0.5) is 5.69 Å². The average molecular weight is 404 g/mol. The van der Waals surface area contributed by atoms with Gasteiger partial charge in [0.25, 0.3) is 0 Å². The van der Waals surface area contributed by atoms with Crippen LogP contribution in [-0.2, 0) is 16.1 Å². The third-order valence-electron chi connectivity index (χ3n) is 4.49. The van der Waals surface area contributed by atoms with Gasteiger partial charge < -0.3 is 19.5 Å². The maximum absolute atomic E-state index is 12.4. The molecular weight excluding hydrogens is 378 g/mol. The van der Waals surface area contributed by atoms with Gasteiger partial charge in [-0.3, -0.25) is 9.59 Å². The zero-order chi connectivity index (χ0) is 20.1. The molecule has 1 N–H and O–H groups in total. The second kappa shape index (κ2) is 9.09. The highest BCUT2D eigenvalue weighted by Gasteiger charge is 2.30. The Bertz CT molecular complexity index is 850. The van der Waals surface area contributed by atoms with Crippen LogP contribution in [0.5, 0.6) is 5.75 Å². The number of rotatable bonds is 9. The number of hydrogen-bond donors (Lipinski definition) is 1. The molecule has 28 heavy (non-hydrogen) atoms. The minimum absolute atomic E-state index is 0.0234. The lowest BCUT2D eigenvalue weighted by Crippen LogP contribution is -2.36. The highest BCUT2D eigenvalue weighted by molar-refractivity contribution is 7.99. The molecule has 1 fully saturated rings. The summed E-state index contributed by atoms with van der Waals surface area (Å²) in [7, 11) is 3.19. The number of carbonyl (C=O) groups excluding carboxylic acids is 2. The molecule has 0 saturated heterocycles. The summed E-state index contributed by atoms with van der Waals surface area (Å²) >= 11 is 1.36. The number of nitrogens with zero attached hydrogens (tertiary/aromatic N) is 4. The summed E-state index contributed by atoms with van der Waals surface area (Å²) in [5.74, 6) is 2.01. The normalized spacial score (nSPS) is 13.2.